The maximum absolute atomic E-state index is 13.4. The third-order valence-electron chi connectivity index (χ3n) is 5.95. The van der Waals surface area contributed by atoms with E-state index in [9.17, 15) is 9.59 Å². The zero-order valence-electron chi connectivity index (χ0n) is 17.5. The second kappa shape index (κ2) is 9.14. The van der Waals surface area contributed by atoms with Crippen molar-refractivity contribution in [3.63, 3.8) is 0 Å². The van der Waals surface area contributed by atoms with Gasteiger partial charge in [0, 0.05) is 44.9 Å². The Morgan fingerprint density at radius 1 is 1.30 bits per heavy atom. The molecule has 3 heterocycles. The average Bonchev–Trinajstić information content (AvgIpc) is 3.42. The maximum atomic E-state index is 13.4. The molecule has 8 heteroatoms. The van der Waals surface area contributed by atoms with E-state index in [4.69, 9.17) is 9.84 Å². The highest BCUT2D eigenvalue weighted by atomic mass is 32.1. The number of nitrogens with zero attached hydrogens (tertiary/aromatic N) is 4. The molecule has 30 heavy (non-hydrogen) atoms. The van der Waals surface area contributed by atoms with Gasteiger partial charge in [-0.05, 0) is 36.4 Å². The van der Waals surface area contributed by atoms with Gasteiger partial charge in [0.15, 0.2) is 0 Å². The fourth-order valence-corrected chi connectivity index (χ4v) is 4.72. The predicted molar refractivity (Wildman–Crippen MR) is 116 cm³/mol. The van der Waals surface area contributed by atoms with Crippen molar-refractivity contribution < 1.29 is 14.3 Å². The summed E-state index contributed by atoms with van der Waals surface area (Å²) < 4.78 is 7.20. The fourth-order valence-electron chi connectivity index (χ4n) is 4.00. The van der Waals surface area contributed by atoms with Gasteiger partial charge in [-0.1, -0.05) is 12.5 Å². The monoisotopic (exact) mass is 428 g/mol. The predicted octanol–water partition coefficient (Wildman–Crippen LogP) is 3.04. The summed E-state index contributed by atoms with van der Waals surface area (Å²) in [5.74, 6) is -0.0534. The Hall–Kier alpha value is -2.45. The Balaban J connectivity index is 1.56. The number of ether oxygens (including phenoxy) is 1. The zero-order chi connectivity index (χ0) is 21.1. The first-order valence-electron chi connectivity index (χ1n) is 10.4. The van der Waals surface area contributed by atoms with E-state index in [1.165, 1.54) is 0 Å². The number of rotatable bonds is 8. The van der Waals surface area contributed by atoms with Crippen LogP contribution in [0.15, 0.2) is 40.9 Å². The van der Waals surface area contributed by atoms with E-state index < -0.39 is 0 Å². The van der Waals surface area contributed by atoms with Crippen LogP contribution in [0.1, 0.15) is 42.3 Å². The van der Waals surface area contributed by atoms with Crippen LogP contribution in [0.4, 0.5) is 0 Å². The van der Waals surface area contributed by atoms with Gasteiger partial charge in [-0.2, -0.15) is 5.10 Å². The Morgan fingerprint density at radius 3 is 2.73 bits per heavy atom. The van der Waals surface area contributed by atoms with Crippen molar-refractivity contribution >= 4 is 28.9 Å². The molecule has 1 atom stereocenters. The third kappa shape index (κ3) is 4.20. The van der Waals surface area contributed by atoms with Gasteiger partial charge in [-0.25, -0.2) is 5.01 Å². The van der Waals surface area contributed by atoms with Crippen LogP contribution in [0.5, 0.6) is 0 Å². The van der Waals surface area contributed by atoms with E-state index in [2.05, 4.69) is 0 Å². The molecule has 2 aromatic rings. The van der Waals surface area contributed by atoms with E-state index >= 15 is 0 Å². The summed E-state index contributed by atoms with van der Waals surface area (Å²) in [4.78, 5) is 28.9. The molecule has 0 spiro atoms. The zero-order valence-corrected chi connectivity index (χ0v) is 18.3. The number of hydrogen-bond acceptors (Lipinski definition) is 5. The normalized spacial score (nSPS) is 18.9. The minimum atomic E-state index is -0.169. The molecule has 2 aromatic heterocycles. The van der Waals surface area contributed by atoms with Crippen LogP contribution in [0, 0.1) is 5.92 Å². The lowest BCUT2D eigenvalue weighted by molar-refractivity contribution is -0.146. The highest BCUT2D eigenvalue weighted by molar-refractivity contribution is 7.12. The quantitative estimate of drug-likeness (QED) is 0.649. The summed E-state index contributed by atoms with van der Waals surface area (Å²) in [6.07, 6.45) is 5.54. The summed E-state index contributed by atoms with van der Waals surface area (Å²) in [6.45, 7) is 0.860. The van der Waals surface area contributed by atoms with Crippen molar-refractivity contribution in [2.75, 3.05) is 26.8 Å². The molecule has 0 aromatic carbocycles. The van der Waals surface area contributed by atoms with Crippen molar-refractivity contribution in [1.29, 1.82) is 0 Å². The van der Waals surface area contributed by atoms with E-state index in [1.807, 2.05) is 47.5 Å². The number of hydrogen-bond donors (Lipinski definition) is 0. The molecule has 7 nitrogen and oxygen atoms in total. The van der Waals surface area contributed by atoms with E-state index in [-0.39, 0.29) is 30.3 Å². The van der Waals surface area contributed by atoms with Gasteiger partial charge < -0.3 is 14.2 Å². The number of amides is 2. The second-order valence-corrected chi connectivity index (χ2v) is 8.85. The van der Waals surface area contributed by atoms with Crippen molar-refractivity contribution in [2.24, 2.45) is 18.1 Å². The van der Waals surface area contributed by atoms with Crippen LogP contribution < -0.4 is 0 Å². The summed E-state index contributed by atoms with van der Waals surface area (Å²) in [6, 6.07) is 7.86. The van der Waals surface area contributed by atoms with Crippen LogP contribution in [0.2, 0.25) is 0 Å². The highest BCUT2D eigenvalue weighted by Gasteiger charge is 2.37. The molecule has 1 unspecified atom stereocenters. The summed E-state index contributed by atoms with van der Waals surface area (Å²) >= 11 is 1.63. The highest BCUT2D eigenvalue weighted by Crippen LogP contribution is 2.34. The van der Waals surface area contributed by atoms with Crippen molar-refractivity contribution in [2.45, 2.75) is 31.7 Å². The topological polar surface area (TPSA) is 67.1 Å². The second-order valence-electron chi connectivity index (χ2n) is 7.91. The minimum absolute atomic E-state index is 0.0286. The Labute approximate surface area is 180 Å². The van der Waals surface area contributed by atoms with Crippen LogP contribution >= 0.6 is 11.3 Å². The number of carbonyl (C=O) groups is 2. The van der Waals surface area contributed by atoms with E-state index in [0.717, 1.165) is 35.5 Å². The molecule has 0 bridgehead atoms. The van der Waals surface area contributed by atoms with Gasteiger partial charge in [-0.3, -0.25) is 9.59 Å². The first-order valence-corrected chi connectivity index (χ1v) is 11.3. The third-order valence-corrected chi connectivity index (χ3v) is 6.87. The van der Waals surface area contributed by atoms with Crippen LogP contribution in [-0.4, -0.2) is 58.8 Å². The van der Waals surface area contributed by atoms with Gasteiger partial charge in [0.1, 0.15) is 12.6 Å². The standard InChI is InChI=1S/C22H28N4O3S/c1-24-10-4-8-18(24)19-14-17(20-9-5-13-30-20)23-26(19)21(27)15-25(11-12-29-2)22(28)16-6-3-7-16/h4-5,8-10,13,16,19H,3,6-7,11-12,14-15H2,1-2H3. The molecular weight excluding hydrogens is 400 g/mol. The summed E-state index contributed by atoms with van der Waals surface area (Å²) in [5, 5.41) is 8.31. The lowest BCUT2D eigenvalue weighted by Gasteiger charge is -2.32. The SMILES string of the molecule is COCCN(CC(=O)N1N=C(c2cccs2)CC1c1cccn1C)C(=O)C1CCC1. The molecule has 2 amide bonds. The van der Waals surface area contributed by atoms with Gasteiger partial charge >= 0.3 is 0 Å². The van der Waals surface area contributed by atoms with Crippen LogP contribution in [-0.2, 0) is 21.4 Å². The van der Waals surface area contributed by atoms with Gasteiger partial charge in [-0.15, -0.1) is 11.3 Å². The molecule has 0 N–H and O–H groups in total. The Bertz CT molecular complexity index is 917. The Kier molecular flexibility index (Phi) is 6.34. The first kappa shape index (κ1) is 20.8. The number of hydrazone groups is 1. The molecule has 0 radical (unpaired) electrons. The molecule has 1 fully saturated rings. The number of carbonyl (C=O) groups excluding carboxylic acids is 2. The molecule has 160 valence electrons. The number of methoxy groups -OCH3 is 1. The Morgan fingerprint density at radius 2 is 2.13 bits per heavy atom. The fraction of sp³-hybridized carbons (Fsp3) is 0.500. The smallest absolute Gasteiger partial charge is 0.262 e. The van der Waals surface area contributed by atoms with Crippen molar-refractivity contribution in [1.82, 2.24) is 14.5 Å². The molecule has 0 saturated heterocycles. The molecule has 1 saturated carbocycles. The van der Waals surface area contributed by atoms with Gasteiger partial charge in [0.2, 0.25) is 5.91 Å². The van der Waals surface area contributed by atoms with Crippen molar-refractivity contribution in [3.05, 3.63) is 46.4 Å². The number of aryl methyl sites for hydroxylation is 1. The largest absolute Gasteiger partial charge is 0.383 e. The molecule has 2 aliphatic rings. The van der Waals surface area contributed by atoms with Gasteiger partial charge in [0.25, 0.3) is 5.91 Å². The van der Waals surface area contributed by atoms with Gasteiger partial charge in [0.05, 0.1) is 17.2 Å². The van der Waals surface area contributed by atoms with Crippen molar-refractivity contribution in [3.8, 4) is 0 Å². The average molecular weight is 429 g/mol. The lowest BCUT2D eigenvalue weighted by Crippen LogP contribution is -2.46. The number of thiophene rings is 1. The first-order chi connectivity index (χ1) is 14.6. The lowest BCUT2D eigenvalue weighted by atomic mass is 9.84. The summed E-state index contributed by atoms with van der Waals surface area (Å²) in [7, 11) is 3.59. The molecule has 1 aliphatic carbocycles. The van der Waals surface area contributed by atoms with Crippen LogP contribution in [0.3, 0.4) is 0 Å². The molecule has 1 aliphatic heterocycles. The minimum Gasteiger partial charge on any atom is -0.383 e. The van der Waals surface area contributed by atoms with E-state index in [0.29, 0.717) is 19.6 Å². The molecular formula is C22H28N4O3S. The molecule has 4 rings (SSSR count). The van der Waals surface area contributed by atoms with Crippen LogP contribution in [0.25, 0.3) is 0 Å². The number of aromatic nitrogens is 1. The summed E-state index contributed by atoms with van der Waals surface area (Å²) in [5.41, 5.74) is 1.95. The van der Waals surface area contributed by atoms with E-state index in [1.54, 1.807) is 28.4 Å². The maximum Gasteiger partial charge on any atom is 0.262 e.